The van der Waals surface area contributed by atoms with Gasteiger partial charge in [0.15, 0.2) is 0 Å². The number of rotatable bonds is 5. The molecule has 0 radical (unpaired) electrons. The highest BCUT2D eigenvalue weighted by Gasteiger charge is 2.16. The van der Waals surface area contributed by atoms with Crippen LogP contribution in [0.2, 0.25) is 0 Å². The Morgan fingerprint density at radius 2 is 0.846 bits per heavy atom. The van der Waals surface area contributed by atoms with Crippen molar-refractivity contribution in [2.45, 2.75) is 137 Å². The third-order valence-corrected chi connectivity index (χ3v) is 7.10. The van der Waals surface area contributed by atoms with Gasteiger partial charge in [0.1, 0.15) is 0 Å². The quantitative estimate of drug-likeness (QED) is 0.455. The first-order valence-electron chi connectivity index (χ1n) is 12.5. The molecule has 3 unspecified atom stereocenters. The van der Waals surface area contributed by atoms with Crippen LogP contribution in [-0.4, -0.2) is 0 Å². The molecule has 0 heteroatoms. The standard InChI is InChI=1S/C26H52/c1-22(2)20-25-16-12-9-7-6-8-10-13-18-26(19-15-11-14-17-25)21-24(5)23(3)4/h22-26H,6-21H2,1-5H3. The van der Waals surface area contributed by atoms with Crippen LogP contribution >= 0.6 is 0 Å². The molecule has 1 fully saturated rings. The Hall–Kier alpha value is 0. The van der Waals surface area contributed by atoms with Crippen molar-refractivity contribution in [3.8, 4) is 0 Å². The van der Waals surface area contributed by atoms with Crippen LogP contribution < -0.4 is 0 Å². The zero-order chi connectivity index (χ0) is 19.2. The normalized spacial score (nSPS) is 26.9. The number of hydrogen-bond acceptors (Lipinski definition) is 0. The first kappa shape index (κ1) is 24.0. The van der Waals surface area contributed by atoms with E-state index in [2.05, 4.69) is 34.6 Å². The lowest BCUT2D eigenvalue weighted by Gasteiger charge is -2.24. The van der Waals surface area contributed by atoms with Crippen LogP contribution in [0.3, 0.4) is 0 Å². The summed E-state index contributed by atoms with van der Waals surface area (Å²) < 4.78 is 0. The van der Waals surface area contributed by atoms with E-state index in [1.54, 1.807) is 0 Å². The molecule has 0 N–H and O–H groups in total. The van der Waals surface area contributed by atoms with Crippen molar-refractivity contribution in [1.82, 2.24) is 0 Å². The van der Waals surface area contributed by atoms with E-state index >= 15 is 0 Å². The van der Waals surface area contributed by atoms with Gasteiger partial charge in [-0.05, 0) is 42.4 Å². The lowest BCUT2D eigenvalue weighted by molar-refractivity contribution is 0.279. The molecule has 0 nitrogen and oxygen atoms in total. The van der Waals surface area contributed by atoms with Gasteiger partial charge in [-0.2, -0.15) is 0 Å². The van der Waals surface area contributed by atoms with Crippen LogP contribution in [0.1, 0.15) is 137 Å². The lowest BCUT2D eigenvalue weighted by Crippen LogP contribution is -2.12. The summed E-state index contributed by atoms with van der Waals surface area (Å²) in [4.78, 5) is 0. The monoisotopic (exact) mass is 364 g/mol. The summed E-state index contributed by atoms with van der Waals surface area (Å²) in [5.41, 5.74) is 0. The Kier molecular flexibility index (Phi) is 13.9. The van der Waals surface area contributed by atoms with Crippen LogP contribution in [0.25, 0.3) is 0 Å². The summed E-state index contributed by atoms with van der Waals surface area (Å²) in [5, 5.41) is 0. The second-order valence-corrected chi connectivity index (χ2v) is 10.5. The zero-order valence-electron chi connectivity index (χ0n) is 19.2. The molecule has 0 aromatic heterocycles. The first-order chi connectivity index (χ1) is 12.5. The van der Waals surface area contributed by atoms with E-state index in [0.717, 1.165) is 29.6 Å². The van der Waals surface area contributed by atoms with E-state index in [1.165, 1.54) is 103 Å². The molecule has 1 saturated carbocycles. The second-order valence-electron chi connectivity index (χ2n) is 10.5. The van der Waals surface area contributed by atoms with Gasteiger partial charge in [0.2, 0.25) is 0 Å². The van der Waals surface area contributed by atoms with E-state index in [4.69, 9.17) is 0 Å². The third kappa shape index (κ3) is 12.4. The van der Waals surface area contributed by atoms with Crippen LogP contribution in [0.5, 0.6) is 0 Å². The van der Waals surface area contributed by atoms with Gasteiger partial charge < -0.3 is 0 Å². The molecule has 0 saturated heterocycles. The Bertz CT molecular complexity index is 303. The molecule has 1 aliphatic carbocycles. The topological polar surface area (TPSA) is 0 Å². The van der Waals surface area contributed by atoms with Crippen molar-refractivity contribution in [2.24, 2.45) is 29.6 Å². The summed E-state index contributed by atoms with van der Waals surface area (Å²) in [6.07, 6.45) is 23.9. The summed E-state index contributed by atoms with van der Waals surface area (Å²) in [7, 11) is 0. The summed E-state index contributed by atoms with van der Waals surface area (Å²) in [5.74, 6) is 4.66. The Morgan fingerprint density at radius 3 is 1.23 bits per heavy atom. The second kappa shape index (κ2) is 15.0. The van der Waals surface area contributed by atoms with E-state index in [9.17, 15) is 0 Å². The van der Waals surface area contributed by atoms with Crippen molar-refractivity contribution >= 4 is 0 Å². The van der Waals surface area contributed by atoms with E-state index in [0.29, 0.717) is 0 Å². The number of hydrogen-bond donors (Lipinski definition) is 0. The van der Waals surface area contributed by atoms with Gasteiger partial charge in [-0.15, -0.1) is 0 Å². The van der Waals surface area contributed by atoms with Crippen molar-refractivity contribution < 1.29 is 0 Å². The minimum absolute atomic E-state index is 0.854. The molecule has 0 aromatic rings. The molecule has 1 rings (SSSR count). The molecule has 0 spiro atoms. The predicted molar refractivity (Wildman–Crippen MR) is 120 cm³/mol. The Morgan fingerprint density at radius 1 is 0.500 bits per heavy atom. The summed E-state index contributed by atoms with van der Waals surface area (Å²) >= 11 is 0. The van der Waals surface area contributed by atoms with E-state index in [-0.39, 0.29) is 0 Å². The van der Waals surface area contributed by atoms with Gasteiger partial charge in [-0.3, -0.25) is 0 Å². The molecule has 26 heavy (non-hydrogen) atoms. The smallest absolute Gasteiger partial charge is 0.0412 e. The maximum absolute atomic E-state index is 2.49. The fourth-order valence-corrected chi connectivity index (χ4v) is 5.02. The SMILES string of the molecule is CC(C)CC1CCCCCCCCCC(CC(C)C(C)C)CCCCC1. The van der Waals surface area contributed by atoms with Crippen LogP contribution in [0, 0.1) is 29.6 Å². The van der Waals surface area contributed by atoms with Crippen molar-refractivity contribution in [2.75, 3.05) is 0 Å². The molecule has 1 aliphatic rings. The van der Waals surface area contributed by atoms with Crippen molar-refractivity contribution in [3.05, 3.63) is 0 Å². The largest absolute Gasteiger partial charge is 0.0628 e. The average Bonchev–Trinajstić information content (AvgIpc) is 2.57. The van der Waals surface area contributed by atoms with Gasteiger partial charge in [0.05, 0.1) is 0 Å². The van der Waals surface area contributed by atoms with Crippen LogP contribution in [-0.2, 0) is 0 Å². The van der Waals surface area contributed by atoms with Gasteiger partial charge in [0.25, 0.3) is 0 Å². The maximum atomic E-state index is 2.49. The van der Waals surface area contributed by atoms with Gasteiger partial charge in [0, 0.05) is 0 Å². The molecule has 0 aromatic carbocycles. The molecule has 0 heterocycles. The molecule has 3 atom stereocenters. The fourth-order valence-electron chi connectivity index (χ4n) is 5.02. The van der Waals surface area contributed by atoms with Gasteiger partial charge >= 0.3 is 0 Å². The first-order valence-corrected chi connectivity index (χ1v) is 12.5. The molecule has 0 amide bonds. The predicted octanol–water partition coefficient (Wildman–Crippen LogP) is 9.42. The minimum atomic E-state index is 0.854. The molecule has 156 valence electrons. The lowest BCUT2D eigenvalue weighted by atomic mass is 9.82. The maximum Gasteiger partial charge on any atom is -0.0412 e. The average molecular weight is 365 g/mol. The molecule has 0 bridgehead atoms. The molecule has 0 aliphatic heterocycles. The fraction of sp³-hybridized carbons (Fsp3) is 1.00. The Balaban J connectivity index is 2.46. The summed E-state index contributed by atoms with van der Waals surface area (Å²) in [6, 6.07) is 0. The third-order valence-electron chi connectivity index (χ3n) is 7.10. The zero-order valence-corrected chi connectivity index (χ0v) is 19.2. The minimum Gasteiger partial charge on any atom is -0.0628 e. The highest BCUT2D eigenvalue weighted by atomic mass is 14.2. The van der Waals surface area contributed by atoms with Gasteiger partial charge in [-0.1, -0.05) is 125 Å². The summed E-state index contributed by atoms with van der Waals surface area (Å²) in [6.45, 7) is 12.1. The van der Waals surface area contributed by atoms with Gasteiger partial charge in [-0.25, -0.2) is 0 Å². The van der Waals surface area contributed by atoms with Crippen LogP contribution in [0.15, 0.2) is 0 Å². The van der Waals surface area contributed by atoms with Crippen molar-refractivity contribution in [3.63, 3.8) is 0 Å². The van der Waals surface area contributed by atoms with E-state index < -0.39 is 0 Å². The highest BCUT2D eigenvalue weighted by Crippen LogP contribution is 2.30. The van der Waals surface area contributed by atoms with Crippen LogP contribution in [0.4, 0.5) is 0 Å². The van der Waals surface area contributed by atoms with E-state index in [1.807, 2.05) is 0 Å². The molecular formula is C26H52. The highest BCUT2D eigenvalue weighted by molar-refractivity contribution is 4.68. The Labute approximate surface area is 167 Å². The molecular weight excluding hydrogens is 312 g/mol. The van der Waals surface area contributed by atoms with Crippen molar-refractivity contribution in [1.29, 1.82) is 0 Å².